The number of aliphatic imine (C=N–C) groups is 2. The zero-order valence-corrected chi connectivity index (χ0v) is 18.4. The summed E-state index contributed by atoms with van der Waals surface area (Å²) in [6, 6.07) is 29.2. The molecule has 0 unspecified atom stereocenters. The third kappa shape index (κ3) is 4.05. The smallest absolute Gasteiger partial charge is 0.0629 e. The largest absolute Gasteiger partial charge is 0.256 e. The standard InChI is InChI=1S/C28H22N2S/c1-19-13-27-25(15-21(19)17-29-23-9-5-3-6-10-23)26-16-22(20(2)14-28(26)31-27)18-30-24-11-7-4-8-12-24/h3-18H,1-2H3. The zero-order chi connectivity index (χ0) is 21.2. The summed E-state index contributed by atoms with van der Waals surface area (Å²) in [7, 11) is 0. The van der Waals surface area contributed by atoms with Crippen molar-refractivity contribution in [1.29, 1.82) is 0 Å². The Bertz CT molecular complexity index is 1320. The van der Waals surface area contributed by atoms with Gasteiger partial charge >= 0.3 is 0 Å². The van der Waals surface area contributed by atoms with Gasteiger partial charge in [-0.2, -0.15) is 0 Å². The summed E-state index contributed by atoms with van der Waals surface area (Å²) >= 11 is 1.85. The molecule has 5 aromatic rings. The summed E-state index contributed by atoms with van der Waals surface area (Å²) in [6.07, 6.45) is 3.94. The predicted octanol–water partition coefficient (Wildman–Crippen LogP) is 8.17. The molecule has 0 spiro atoms. The second kappa shape index (κ2) is 8.29. The van der Waals surface area contributed by atoms with Crippen LogP contribution < -0.4 is 0 Å². The molecule has 2 nitrogen and oxygen atoms in total. The van der Waals surface area contributed by atoms with Gasteiger partial charge in [-0.25, -0.2) is 0 Å². The van der Waals surface area contributed by atoms with Crippen LogP contribution in [0.1, 0.15) is 22.3 Å². The lowest BCUT2D eigenvalue weighted by atomic mass is 10.0. The first-order valence-corrected chi connectivity index (χ1v) is 11.1. The fourth-order valence-electron chi connectivity index (χ4n) is 3.70. The van der Waals surface area contributed by atoms with Crippen molar-refractivity contribution in [3.05, 3.63) is 107 Å². The van der Waals surface area contributed by atoms with Gasteiger partial charge in [0.25, 0.3) is 0 Å². The van der Waals surface area contributed by atoms with Gasteiger partial charge in [-0.3, -0.25) is 9.98 Å². The fraction of sp³-hybridized carbons (Fsp3) is 0.0714. The van der Waals surface area contributed by atoms with E-state index in [4.69, 9.17) is 0 Å². The number of para-hydroxylation sites is 2. The second-order valence-electron chi connectivity index (χ2n) is 7.70. The Hall–Kier alpha value is -3.56. The Labute approximate surface area is 186 Å². The van der Waals surface area contributed by atoms with E-state index in [1.165, 1.54) is 31.3 Å². The summed E-state index contributed by atoms with van der Waals surface area (Å²) in [5.41, 5.74) is 6.70. The third-order valence-electron chi connectivity index (χ3n) is 5.46. The van der Waals surface area contributed by atoms with Crippen LogP contribution in [-0.4, -0.2) is 12.4 Å². The van der Waals surface area contributed by atoms with Gasteiger partial charge in [0.15, 0.2) is 0 Å². The number of rotatable bonds is 4. The van der Waals surface area contributed by atoms with Crippen molar-refractivity contribution in [1.82, 2.24) is 0 Å². The van der Waals surface area contributed by atoms with Crippen molar-refractivity contribution in [3.8, 4) is 0 Å². The third-order valence-corrected chi connectivity index (χ3v) is 6.58. The van der Waals surface area contributed by atoms with E-state index >= 15 is 0 Å². The average molecular weight is 419 g/mol. The van der Waals surface area contributed by atoms with Gasteiger partial charge in [-0.15, -0.1) is 11.3 Å². The highest BCUT2D eigenvalue weighted by atomic mass is 32.1. The van der Waals surface area contributed by atoms with E-state index < -0.39 is 0 Å². The van der Waals surface area contributed by atoms with Crippen LogP contribution in [0, 0.1) is 13.8 Å². The Morgan fingerprint density at radius 3 is 1.42 bits per heavy atom. The molecule has 150 valence electrons. The highest BCUT2D eigenvalue weighted by molar-refractivity contribution is 7.25. The highest BCUT2D eigenvalue weighted by Crippen LogP contribution is 2.36. The maximum Gasteiger partial charge on any atom is 0.0629 e. The topological polar surface area (TPSA) is 24.7 Å². The highest BCUT2D eigenvalue weighted by Gasteiger charge is 2.10. The molecular formula is C28H22N2S. The Morgan fingerprint density at radius 1 is 0.581 bits per heavy atom. The van der Waals surface area contributed by atoms with Crippen LogP contribution in [0.4, 0.5) is 11.4 Å². The molecule has 0 saturated heterocycles. The number of benzene rings is 4. The van der Waals surface area contributed by atoms with Gasteiger partial charge in [-0.1, -0.05) is 36.4 Å². The van der Waals surface area contributed by atoms with Crippen LogP contribution in [0.15, 0.2) is 94.9 Å². The predicted molar refractivity (Wildman–Crippen MR) is 136 cm³/mol. The van der Waals surface area contributed by atoms with E-state index in [1.807, 2.05) is 84.4 Å². The van der Waals surface area contributed by atoms with Crippen LogP contribution in [-0.2, 0) is 0 Å². The first kappa shape index (κ1) is 19.4. The van der Waals surface area contributed by atoms with Gasteiger partial charge in [-0.05, 0) is 84.6 Å². The number of aryl methyl sites for hydroxylation is 2. The van der Waals surface area contributed by atoms with Crippen LogP contribution in [0.2, 0.25) is 0 Å². The van der Waals surface area contributed by atoms with Gasteiger partial charge in [0.05, 0.1) is 11.4 Å². The average Bonchev–Trinajstić information content (AvgIpc) is 3.13. The maximum absolute atomic E-state index is 4.66. The molecule has 0 fully saturated rings. The Kier molecular flexibility index (Phi) is 5.19. The summed E-state index contributed by atoms with van der Waals surface area (Å²) in [5, 5.41) is 2.55. The van der Waals surface area contributed by atoms with Crippen molar-refractivity contribution in [2.75, 3.05) is 0 Å². The normalized spacial score (nSPS) is 11.9. The summed E-state index contributed by atoms with van der Waals surface area (Å²) in [4.78, 5) is 9.32. The van der Waals surface area contributed by atoms with Crippen LogP contribution >= 0.6 is 11.3 Å². The summed E-state index contributed by atoms with van der Waals surface area (Å²) in [5.74, 6) is 0. The Balaban J connectivity index is 1.58. The molecule has 0 aliphatic rings. The van der Waals surface area contributed by atoms with Gasteiger partial charge in [0.1, 0.15) is 0 Å². The molecule has 1 heterocycles. The van der Waals surface area contributed by atoms with Crippen LogP contribution in [0.5, 0.6) is 0 Å². The molecule has 0 bridgehead atoms. The van der Waals surface area contributed by atoms with Crippen molar-refractivity contribution < 1.29 is 0 Å². The number of thiophene rings is 1. The summed E-state index contributed by atoms with van der Waals surface area (Å²) in [6.45, 7) is 4.30. The molecule has 5 rings (SSSR count). The SMILES string of the molecule is Cc1cc2sc3cc(C)c(C=Nc4ccccc4)cc3c2cc1C=Nc1ccccc1. The van der Waals surface area contributed by atoms with Gasteiger partial charge < -0.3 is 0 Å². The molecule has 3 heteroatoms. The molecule has 31 heavy (non-hydrogen) atoms. The molecular weight excluding hydrogens is 396 g/mol. The van der Waals surface area contributed by atoms with E-state index in [2.05, 4.69) is 48.1 Å². The van der Waals surface area contributed by atoms with Crippen molar-refractivity contribution in [2.24, 2.45) is 9.98 Å². The van der Waals surface area contributed by atoms with E-state index in [0.717, 1.165) is 22.5 Å². The van der Waals surface area contributed by atoms with Gasteiger partial charge in [0.2, 0.25) is 0 Å². The number of hydrogen-bond acceptors (Lipinski definition) is 3. The molecule has 0 amide bonds. The minimum Gasteiger partial charge on any atom is -0.256 e. The second-order valence-corrected chi connectivity index (χ2v) is 8.78. The van der Waals surface area contributed by atoms with Crippen LogP contribution in [0.25, 0.3) is 20.2 Å². The molecule has 0 atom stereocenters. The van der Waals surface area contributed by atoms with Crippen molar-refractivity contribution in [3.63, 3.8) is 0 Å². The van der Waals surface area contributed by atoms with E-state index in [9.17, 15) is 0 Å². The minimum atomic E-state index is 0.965. The number of fused-ring (bicyclic) bond motifs is 3. The molecule has 1 aromatic heterocycles. The van der Waals surface area contributed by atoms with Crippen molar-refractivity contribution in [2.45, 2.75) is 13.8 Å². The first-order chi connectivity index (χ1) is 15.2. The molecule has 4 aromatic carbocycles. The minimum absolute atomic E-state index is 0.965. The molecule has 0 aliphatic heterocycles. The molecule has 0 radical (unpaired) electrons. The zero-order valence-electron chi connectivity index (χ0n) is 17.5. The van der Waals surface area contributed by atoms with E-state index in [0.29, 0.717) is 0 Å². The first-order valence-electron chi connectivity index (χ1n) is 10.3. The van der Waals surface area contributed by atoms with E-state index in [-0.39, 0.29) is 0 Å². The number of hydrogen-bond donors (Lipinski definition) is 0. The maximum atomic E-state index is 4.66. The fourth-order valence-corrected chi connectivity index (χ4v) is 4.97. The quantitative estimate of drug-likeness (QED) is 0.263. The lowest BCUT2D eigenvalue weighted by Crippen LogP contribution is -1.88. The molecule has 0 N–H and O–H groups in total. The monoisotopic (exact) mass is 418 g/mol. The van der Waals surface area contributed by atoms with Crippen LogP contribution in [0.3, 0.4) is 0 Å². The molecule has 0 saturated carbocycles. The van der Waals surface area contributed by atoms with E-state index in [1.54, 1.807) is 0 Å². The summed E-state index contributed by atoms with van der Waals surface area (Å²) < 4.78 is 2.61. The lowest BCUT2D eigenvalue weighted by Gasteiger charge is -2.03. The lowest BCUT2D eigenvalue weighted by molar-refractivity contribution is 1.46. The van der Waals surface area contributed by atoms with Crippen molar-refractivity contribution >= 4 is 55.3 Å². The molecule has 0 aliphatic carbocycles. The Morgan fingerprint density at radius 2 is 1.00 bits per heavy atom. The van der Waals surface area contributed by atoms with Gasteiger partial charge in [0, 0.05) is 32.6 Å². The number of nitrogens with zero attached hydrogens (tertiary/aromatic N) is 2.